The van der Waals surface area contributed by atoms with E-state index in [2.05, 4.69) is 32.0 Å². The molecule has 3 N–H and O–H groups in total. The van der Waals surface area contributed by atoms with Crippen LogP contribution in [0.25, 0.3) is 10.9 Å². The summed E-state index contributed by atoms with van der Waals surface area (Å²) < 4.78 is 56.5. The van der Waals surface area contributed by atoms with E-state index in [1.54, 1.807) is 6.07 Å². The summed E-state index contributed by atoms with van der Waals surface area (Å²) in [6.45, 7) is 6.57. The zero-order valence-corrected chi connectivity index (χ0v) is 24.0. The number of pyridine rings is 1. The summed E-state index contributed by atoms with van der Waals surface area (Å²) in [5.74, 6) is -2.50. The lowest BCUT2D eigenvalue weighted by molar-refractivity contribution is -0.182. The van der Waals surface area contributed by atoms with Crippen LogP contribution in [0, 0.1) is 22.6 Å². The van der Waals surface area contributed by atoms with Crippen LogP contribution < -0.4 is 10.6 Å². The molecule has 1 atom stereocenters. The van der Waals surface area contributed by atoms with Crippen molar-refractivity contribution in [1.29, 1.82) is 5.26 Å². The first kappa shape index (κ1) is 30.0. The van der Waals surface area contributed by atoms with Gasteiger partial charge in [-0.3, -0.25) is 4.98 Å². The van der Waals surface area contributed by atoms with E-state index in [1.165, 1.54) is 18.3 Å². The molecule has 0 spiro atoms. The molecule has 224 valence electrons. The topological polar surface area (TPSA) is 129 Å². The van der Waals surface area contributed by atoms with Gasteiger partial charge in [0, 0.05) is 23.8 Å². The molecule has 2 heterocycles. The first-order valence-electron chi connectivity index (χ1n) is 13.2. The molecular formula is C29H26ClF4N7O2. The average Bonchev–Trinajstić information content (AvgIpc) is 3.61. The molecule has 0 saturated heterocycles. The minimum absolute atomic E-state index is 0.0321. The van der Waals surface area contributed by atoms with Gasteiger partial charge >= 0.3 is 12.1 Å². The van der Waals surface area contributed by atoms with Gasteiger partial charge in [-0.05, 0) is 48.1 Å². The molecule has 0 radical (unpaired) electrons. The van der Waals surface area contributed by atoms with Gasteiger partial charge in [-0.15, -0.1) is 5.10 Å². The number of hydrogen-bond acceptors (Lipinski definition) is 7. The molecule has 1 aliphatic carbocycles. The smallest absolute Gasteiger partial charge is 0.413 e. The number of nitriles is 1. The zero-order chi connectivity index (χ0) is 31.3. The molecule has 1 fully saturated rings. The maximum atomic E-state index is 14.3. The van der Waals surface area contributed by atoms with Gasteiger partial charge in [-0.1, -0.05) is 43.7 Å². The van der Waals surface area contributed by atoms with Crippen molar-refractivity contribution in [3.05, 3.63) is 75.9 Å². The van der Waals surface area contributed by atoms with Crippen LogP contribution in [-0.2, 0) is 5.54 Å². The third-order valence-corrected chi connectivity index (χ3v) is 7.49. The average molecular weight is 616 g/mol. The lowest BCUT2D eigenvalue weighted by Crippen LogP contribution is -2.35. The second-order valence-corrected chi connectivity index (χ2v) is 12.1. The SMILES string of the molecule is CC(C)(C)CNc1c(C#N)cnc2c(Cl)cc(NC(c3ccc(F)c(C(=O)O)c3)c3cn(C4(C(F)(F)F)CC4)nn3)cc12. The predicted octanol–water partition coefficient (Wildman–Crippen LogP) is 6.90. The molecule has 2 aromatic heterocycles. The molecule has 5 rings (SSSR count). The number of carbonyl (C=O) groups is 1. The van der Waals surface area contributed by atoms with Gasteiger partial charge in [-0.25, -0.2) is 13.9 Å². The van der Waals surface area contributed by atoms with E-state index in [0.717, 1.165) is 23.0 Å². The summed E-state index contributed by atoms with van der Waals surface area (Å²) in [5.41, 5.74) is -1.18. The number of hydrogen-bond donors (Lipinski definition) is 3. The van der Waals surface area contributed by atoms with E-state index in [9.17, 15) is 32.7 Å². The fourth-order valence-electron chi connectivity index (χ4n) is 4.73. The van der Waals surface area contributed by atoms with Gasteiger partial charge in [-0.2, -0.15) is 18.4 Å². The molecule has 1 unspecified atom stereocenters. The molecule has 9 nitrogen and oxygen atoms in total. The number of aromatic carboxylic acids is 1. The third kappa shape index (κ3) is 5.79. The molecule has 1 saturated carbocycles. The van der Waals surface area contributed by atoms with Gasteiger partial charge in [0.25, 0.3) is 0 Å². The monoisotopic (exact) mass is 615 g/mol. The quantitative estimate of drug-likeness (QED) is 0.183. The van der Waals surface area contributed by atoms with Crippen molar-refractivity contribution in [1.82, 2.24) is 20.0 Å². The maximum absolute atomic E-state index is 14.3. The summed E-state index contributed by atoms with van der Waals surface area (Å²) in [6, 6.07) is 7.60. The normalized spacial score (nSPS) is 15.1. The van der Waals surface area contributed by atoms with E-state index < -0.39 is 35.1 Å². The van der Waals surface area contributed by atoms with Crippen molar-refractivity contribution in [2.24, 2.45) is 5.41 Å². The Bertz CT molecular complexity index is 1770. The van der Waals surface area contributed by atoms with Crippen molar-refractivity contribution in [3.8, 4) is 6.07 Å². The molecule has 0 amide bonds. The molecule has 4 aromatic rings. The van der Waals surface area contributed by atoms with Gasteiger partial charge in [0.2, 0.25) is 0 Å². The number of halogens is 5. The predicted molar refractivity (Wildman–Crippen MR) is 152 cm³/mol. The number of nitrogens with one attached hydrogen (secondary N) is 2. The Morgan fingerprint density at radius 1 is 1.23 bits per heavy atom. The fourth-order valence-corrected chi connectivity index (χ4v) is 5.00. The number of fused-ring (bicyclic) bond motifs is 1. The number of carboxylic acid groups (broad SMARTS) is 1. The van der Waals surface area contributed by atoms with Crippen molar-refractivity contribution in [2.75, 3.05) is 17.2 Å². The molecule has 14 heteroatoms. The fraction of sp³-hybridized carbons (Fsp3) is 0.345. The van der Waals surface area contributed by atoms with Crippen LogP contribution in [0.1, 0.15) is 66.8 Å². The summed E-state index contributed by atoms with van der Waals surface area (Å²) in [6.07, 6.45) is -2.31. The Morgan fingerprint density at radius 2 is 1.95 bits per heavy atom. The van der Waals surface area contributed by atoms with E-state index in [-0.39, 0.29) is 40.1 Å². The van der Waals surface area contributed by atoms with E-state index in [0.29, 0.717) is 28.8 Å². The van der Waals surface area contributed by atoms with Crippen molar-refractivity contribution >= 4 is 39.8 Å². The number of alkyl halides is 3. The first-order valence-corrected chi connectivity index (χ1v) is 13.6. The second kappa shape index (κ2) is 10.7. The Labute approximate surface area is 248 Å². The molecule has 1 aliphatic rings. The molecule has 2 aromatic carbocycles. The lowest BCUT2D eigenvalue weighted by Gasteiger charge is -2.22. The Hall–Kier alpha value is -4.44. The minimum Gasteiger partial charge on any atom is -0.478 e. The zero-order valence-electron chi connectivity index (χ0n) is 23.2. The number of carboxylic acids is 1. The molecule has 0 aliphatic heterocycles. The summed E-state index contributed by atoms with van der Waals surface area (Å²) in [4.78, 5) is 16.0. The van der Waals surface area contributed by atoms with Crippen molar-refractivity contribution in [3.63, 3.8) is 0 Å². The van der Waals surface area contributed by atoms with Crippen LogP contribution in [0.3, 0.4) is 0 Å². The van der Waals surface area contributed by atoms with E-state index in [4.69, 9.17) is 11.6 Å². The molecule has 0 bridgehead atoms. The van der Waals surface area contributed by atoms with Gasteiger partial charge in [0.1, 0.15) is 17.6 Å². The Balaban J connectivity index is 1.63. The van der Waals surface area contributed by atoms with Crippen LogP contribution in [-0.4, -0.2) is 43.8 Å². The van der Waals surface area contributed by atoms with Crippen LogP contribution in [0.2, 0.25) is 5.02 Å². The highest BCUT2D eigenvalue weighted by Crippen LogP contribution is 2.55. The van der Waals surface area contributed by atoms with Gasteiger partial charge in [0.05, 0.1) is 39.6 Å². The molecule has 43 heavy (non-hydrogen) atoms. The lowest BCUT2D eigenvalue weighted by atomic mass is 9.96. The summed E-state index contributed by atoms with van der Waals surface area (Å²) >= 11 is 6.61. The van der Waals surface area contributed by atoms with E-state index in [1.807, 2.05) is 20.8 Å². The summed E-state index contributed by atoms with van der Waals surface area (Å²) in [7, 11) is 0. The molecular weight excluding hydrogens is 590 g/mol. The van der Waals surface area contributed by atoms with Crippen LogP contribution in [0.4, 0.5) is 28.9 Å². The summed E-state index contributed by atoms with van der Waals surface area (Å²) in [5, 5.41) is 34.2. The van der Waals surface area contributed by atoms with Crippen LogP contribution >= 0.6 is 11.6 Å². The number of rotatable bonds is 8. The maximum Gasteiger partial charge on any atom is 0.413 e. The largest absolute Gasteiger partial charge is 0.478 e. The minimum atomic E-state index is -4.55. The first-order chi connectivity index (χ1) is 20.1. The highest BCUT2D eigenvalue weighted by Gasteiger charge is 2.66. The van der Waals surface area contributed by atoms with Gasteiger partial charge < -0.3 is 15.7 Å². The highest BCUT2D eigenvalue weighted by atomic mass is 35.5. The highest BCUT2D eigenvalue weighted by molar-refractivity contribution is 6.35. The number of aromatic nitrogens is 4. The van der Waals surface area contributed by atoms with Gasteiger partial charge in [0.15, 0.2) is 5.54 Å². The number of nitrogens with zero attached hydrogens (tertiary/aromatic N) is 5. The van der Waals surface area contributed by atoms with Crippen LogP contribution in [0.5, 0.6) is 0 Å². The standard InChI is InChI=1S/C29H26ClF4N7O2/c1-27(2,3)14-37-23-16(11-35)12-36-25-19(23)9-17(10-20(25)30)38-24(15-4-5-21(31)18(8-15)26(42)43)22-13-41(40-39-22)28(6-7-28)29(32,33)34/h4-5,8-10,12-13,24,38H,6-7,14H2,1-3H3,(H,36,37)(H,42,43). The Morgan fingerprint density at radius 3 is 2.56 bits per heavy atom. The van der Waals surface area contributed by atoms with Crippen LogP contribution in [0.15, 0.2) is 42.7 Å². The van der Waals surface area contributed by atoms with Crippen molar-refractivity contribution in [2.45, 2.75) is 51.4 Å². The Kier molecular flexibility index (Phi) is 7.46. The van der Waals surface area contributed by atoms with E-state index >= 15 is 0 Å². The third-order valence-electron chi connectivity index (χ3n) is 7.20. The number of anilines is 2. The van der Waals surface area contributed by atoms with Crippen molar-refractivity contribution < 1.29 is 27.5 Å². The second-order valence-electron chi connectivity index (χ2n) is 11.7. The number of benzene rings is 2.